The molecule has 1 aromatic carbocycles. The van der Waals surface area contributed by atoms with Crippen LogP contribution < -0.4 is 16.0 Å². The minimum atomic E-state index is -4.20. The number of hydrogen-bond acceptors (Lipinski definition) is 5. The normalized spacial score (nSPS) is 11.3. The molecule has 0 aliphatic rings. The number of benzene rings is 1. The van der Waals surface area contributed by atoms with Crippen molar-refractivity contribution in [2.24, 2.45) is 14.1 Å². The van der Waals surface area contributed by atoms with Crippen molar-refractivity contribution in [1.82, 2.24) is 9.13 Å². The van der Waals surface area contributed by atoms with Crippen LogP contribution in [-0.4, -0.2) is 23.3 Å². The molecule has 2 aromatic rings. The molecule has 8 nitrogen and oxygen atoms in total. The zero-order valence-corrected chi connectivity index (χ0v) is 13.5. The van der Waals surface area contributed by atoms with Crippen molar-refractivity contribution in [3.05, 3.63) is 56.9 Å². The number of hydrogen-bond donors (Lipinski definition) is 1. The fourth-order valence-corrected chi connectivity index (χ4v) is 3.18. The number of Topliss-reactive ketones (excluding diaryl/α,β-unsaturated/α-hetero) is 1. The fraction of sp³-hybridized carbons (Fsp3) is 0.214. The van der Waals surface area contributed by atoms with E-state index in [0.717, 1.165) is 10.8 Å². The predicted molar refractivity (Wildman–Crippen MR) is 84.2 cm³/mol. The summed E-state index contributed by atoms with van der Waals surface area (Å²) in [6.45, 7) is 1.36. The third-order valence-corrected chi connectivity index (χ3v) is 4.59. The van der Waals surface area contributed by atoms with Gasteiger partial charge < -0.3 is 4.57 Å². The van der Waals surface area contributed by atoms with E-state index in [4.69, 9.17) is 0 Å². The number of ketones is 1. The maximum atomic E-state index is 12.4. The highest BCUT2D eigenvalue weighted by Crippen LogP contribution is 2.15. The Bertz CT molecular complexity index is 1000. The molecular weight excluding hydrogens is 322 g/mol. The smallest absolute Gasteiger partial charge is 0.302 e. The van der Waals surface area contributed by atoms with E-state index >= 15 is 0 Å². The highest BCUT2D eigenvalue weighted by atomic mass is 32.2. The molecule has 0 bridgehead atoms. The first kappa shape index (κ1) is 16.7. The van der Waals surface area contributed by atoms with Crippen LogP contribution in [0.15, 0.2) is 44.9 Å². The summed E-state index contributed by atoms with van der Waals surface area (Å²) in [5, 5.41) is 0. The van der Waals surface area contributed by atoms with Crippen LogP contribution in [0.25, 0.3) is 0 Å². The van der Waals surface area contributed by atoms with Crippen LogP contribution in [0.3, 0.4) is 0 Å². The van der Waals surface area contributed by atoms with E-state index in [0.29, 0.717) is 10.1 Å². The lowest BCUT2D eigenvalue weighted by molar-refractivity contribution is 0.101. The molecule has 0 saturated carbocycles. The van der Waals surface area contributed by atoms with Crippen LogP contribution >= 0.6 is 0 Å². The first-order chi connectivity index (χ1) is 10.6. The number of anilines is 1. The van der Waals surface area contributed by atoms with E-state index in [1.54, 1.807) is 6.07 Å². The molecule has 1 aromatic heterocycles. The summed E-state index contributed by atoms with van der Waals surface area (Å²) in [6, 6.07) is 5.89. The molecule has 2 rings (SSSR count). The van der Waals surface area contributed by atoms with Gasteiger partial charge in [0.25, 0.3) is 15.6 Å². The number of nitrogens with zero attached hydrogens (tertiary/aromatic N) is 2. The third-order valence-electron chi connectivity index (χ3n) is 3.23. The summed E-state index contributed by atoms with van der Waals surface area (Å²) >= 11 is 0. The highest BCUT2D eigenvalue weighted by molar-refractivity contribution is 7.92. The van der Waals surface area contributed by atoms with Crippen molar-refractivity contribution in [1.29, 1.82) is 0 Å². The second kappa shape index (κ2) is 5.84. The number of sulfonamides is 1. The van der Waals surface area contributed by atoms with Gasteiger partial charge in [0.15, 0.2) is 10.7 Å². The van der Waals surface area contributed by atoms with Gasteiger partial charge in [0.05, 0.1) is 0 Å². The first-order valence-corrected chi connectivity index (χ1v) is 8.02. The Kier molecular flexibility index (Phi) is 4.24. The van der Waals surface area contributed by atoms with Crippen molar-refractivity contribution in [3.63, 3.8) is 0 Å². The van der Waals surface area contributed by atoms with Crippen molar-refractivity contribution < 1.29 is 13.2 Å². The molecule has 0 unspecified atom stereocenters. The Morgan fingerprint density at radius 1 is 1.17 bits per heavy atom. The largest absolute Gasteiger partial charge is 0.330 e. The number of carbonyl (C=O) groups excluding carboxylic acids is 1. The average Bonchev–Trinajstić information content (AvgIpc) is 2.48. The van der Waals surface area contributed by atoms with Gasteiger partial charge in [0.1, 0.15) is 0 Å². The van der Waals surface area contributed by atoms with Crippen LogP contribution in [0.5, 0.6) is 0 Å². The Hall–Kier alpha value is -2.68. The molecule has 1 heterocycles. The van der Waals surface area contributed by atoms with E-state index in [1.807, 2.05) is 0 Å². The van der Waals surface area contributed by atoms with Gasteiger partial charge in [-0.1, -0.05) is 12.1 Å². The maximum Gasteiger partial charge on any atom is 0.330 e. The predicted octanol–water partition coefficient (Wildman–Crippen LogP) is 0.0874. The lowest BCUT2D eigenvalue weighted by atomic mass is 10.1. The van der Waals surface area contributed by atoms with Gasteiger partial charge in [-0.05, 0) is 19.1 Å². The third kappa shape index (κ3) is 3.24. The number of rotatable bonds is 4. The van der Waals surface area contributed by atoms with Gasteiger partial charge in [-0.15, -0.1) is 0 Å². The molecule has 0 amide bonds. The van der Waals surface area contributed by atoms with Crippen LogP contribution in [0, 0.1) is 0 Å². The maximum absolute atomic E-state index is 12.4. The molecule has 0 atom stereocenters. The van der Waals surface area contributed by atoms with Crippen molar-refractivity contribution in [2.75, 3.05) is 4.72 Å². The van der Waals surface area contributed by atoms with Crippen LogP contribution in [0.1, 0.15) is 17.3 Å². The summed E-state index contributed by atoms with van der Waals surface area (Å²) in [5.41, 5.74) is -1.08. The first-order valence-electron chi connectivity index (χ1n) is 6.54. The van der Waals surface area contributed by atoms with Gasteiger partial charge in [-0.2, -0.15) is 0 Å². The number of aryl methyl sites for hydroxylation is 1. The minimum Gasteiger partial charge on any atom is -0.302 e. The molecule has 0 aliphatic heterocycles. The van der Waals surface area contributed by atoms with Gasteiger partial charge in [0.2, 0.25) is 0 Å². The van der Waals surface area contributed by atoms with E-state index in [9.17, 15) is 22.8 Å². The Labute approximate surface area is 132 Å². The highest BCUT2D eigenvalue weighted by Gasteiger charge is 2.21. The molecule has 23 heavy (non-hydrogen) atoms. The second-order valence-corrected chi connectivity index (χ2v) is 6.64. The van der Waals surface area contributed by atoms with Gasteiger partial charge in [-0.25, -0.2) is 13.2 Å². The summed E-state index contributed by atoms with van der Waals surface area (Å²) in [6.07, 6.45) is 0.960. The van der Waals surface area contributed by atoms with E-state index in [-0.39, 0.29) is 11.5 Å². The summed E-state index contributed by atoms with van der Waals surface area (Å²) in [7, 11) is -1.66. The lowest BCUT2D eigenvalue weighted by Crippen LogP contribution is -2.40. The molecule has 122 valence electrons. The molecular formula is C14H15N3O5S. The molecule has 0 radical (unpaired) electrons. The van der Waals surface area contributed by atoms with E-state index < -0.39 is 26.2 Å². The van der Waals surface area contributed by atoms with Gasteiger partial charge in [0, 0.05) is 31.5 Å². The second-order valence-electron chi connectivity index (χ2n) is 4.99. The van der Waals surface area contributed by atoms with Crippen molar-refractivity contribution in [3.8, 4) is 0 Å². The zero-order valence-electron chi connectivity index (χ0n) is 12.7. The van der Waals surface area contributed by atoms with Crippen LogP contribution in [-0.2, 0) is 24.1 Å². The molecule has 0 spiro atoms. The minimum absolute atomic E-state index is 0.147. The van der Waals surface area contributed by atoms with Crippen LogP contribution in [0.2, 0.25) is 0 Å². The van der Waals surface area contributed by atoms with Crippen molar-refractivity contribution >= 4 is 21.5 Å². The summed E-state index contributed by atoms with van der Waals surface area (Å²) < 4.78 is 28.7. The van der Waals surface area contributed by atoms with E-state index in [1.165, 1.54) is 39.2 Å². The number of aromatic nitrogens is 2. The molecule has 0 saturated heterocycles. The quantitative estimate of drug-likeness (QED) is 0.796. The van der Waals surface area contributed by atoms with Gasteiger partial charge >= 0.3 is 5.69 Å². The van der Waals surface area contributed by atoms with Gasteiger partial charge in [-0.3, -0.25) is 18.9 Å². The molecule has 1 N–H and O–H groups in total. The molecule has 0 fully saturated rings. The van der Waals surface area contributed by atoms with Crippen LogP contribution in [0.4, 0.5) is 5.69 Å². The fourth-order valence-electron chi connectivity index (χ4n) is 1.97. The molecule has 9 heteroatoms. The standard InChI is InChI=1S/C14H15N3O5S/c1-9(18)10-5-4-6-11(7-10)15-23(21,22)12-8-16(2)14(20)17(3)13(12)19/h4-8,15H,1-3H3. The number of nitrogens with one attached hydrogen (secondary N) is 1. The summed E-state index contributed by atoms with van der Waals surface area (Å²) in [4.78, 5) is 34.4. The number of carbonyl (C=O) groups is 1. The SMILES string of the molecule is CC(=O)c1cccc(NS(=O)(=O)c2cn(C)c(=O)n(C)c2=O)c1. The Morgan fingerprint density at radius 3 is 2.43 bits per heavy atom. The lowest BCUT2D eigenvalue weighted by Gasteiger charge is -2.10. The topological polar surface area (TPSA) is 107 Å². The Morgan fingerprint density at radius 2 is 1.83 bits per heavy atom. The monoisotopic (exact) mass is 337 g/mol. The average molecular weight is 337 g/mol. The molecule has 0 aliphatic carbocycles. The zero-order chi connectivity index (χ0) is 17.4. The van der Waals surface area contributed by atoms with E-state index in [2.05, 4.69) is 4.72 Å². The summed E-state index contributed by atoms with van der Waals surface area (Å²) in [5.74, 6) is -0.218. The Balaban J connectivity index is 2.53. The van der Waals surface area contributed by atoms with Crippen molar-refractivity contribution in [2.45, 2.75) is 11.8 Å².